The van der Waals surface area contributed by atoms with Crippen LogP contribution in [0.2, 0.25) is 0 Å². The molecule has 1 saturated heterocycles. The lowest BCUT2D eigenvalue weighted by atomic mass is 10.3. The molecule has 4 heteroatoms. The summed E-state index contributed by atoms with van der Waals surface area (Å²) in [5, 5.41) is 12.8. The van der Waals surface area contributed by atoms with Crippen LogP contribution in [0.1, 0.15) is 12.8 Å². The van der Waals surface area contributed by atoms with E-state index in [1.165, 1.54) is 12.8 Å². The fourth-order valence-corrected chi connectivity index (χ4v) is 1.77. The number of rotatable bonds is 7. The average molecular weight is 202 g/mol. The molecule has 84 valence electrons. The Hall–Kier alpha value is -0.160. The van der Waals surface area contributed by atoms with Gasteiger partial charge in [-0.25, -0.2) is 0 Å². The van der Waals surface area contributed by atoms with E-state index in [1.807, 2.05) is 0 Å². The predicted molar refractivity (Wildman–Crippen MR) is 56.4 cm³/mol. The van der Waals surface area contributed by atoms with Crippen molar-refractivity contribution >= 4 is 0 Å². The number of hydrogen-bond donors (Lipinski definition) is 2. The molecule has 0 bridgehead atoms. The fraction of sp³-hybridized carbons (Fsp3) is 1.00. The summed E-state index contributed by atoms with van der Waals surface area (Å²) in [7, 11) is 1.68. The molecule has 0 radical (unpaired) electrons. The van der Waals surface area contributed by atoms with Gasteiger partial charge < -0.3 is 20.1 Å². The van der Waals surface area contributed by atoms with E-state index >= 15 is 0 Å². The second-order valence-corrected chi connectivity index (χ2v) is 3.86. The molecule has 1 aliphatic rings. The number of nitrogens with one attached hydrogen (secondary N) is 1. The van der Waals surface area contributed by atoms with Gasteiger partial charge in [-0.1, -0.05) is 0 Å². The first-order chi connectivity index (χ1) is 6.83. The van der Waals surface area contributed by atoms with Gasteiger partial charge in [0.1, 0.15) is 0 Å². The highest BCUT2D eigenvalue weighted by Gasteiger charge is 2.14. The van der Waals surface area contributed by atoms with Crippen molar-refractivity contribution in [2.45, 2.75) is 18.9 Å². The first kappa shape index (κ1) is 11.9. The minimum Gasteiger partial charge on any atom is -0.390 e. The molecule has 14 heavy (non-hydrogen) atoms. The number of aliphatic hydroxyl groups excluding tert-OH is 1. The third-order valence-electron chi connectivity index (χ3n) is 2.53. The Kier molecular flexibility index (Phi) is 6.10. The summed E-state index contributed by atoms with van der Waals surface area (Å²) >= 11 is 0. The number of aliphatic hydroxyl groups is 1. The Morgan fingerprint density at radius 1 is 1.43 bits per heavy atom. The minimum absolute atomic E-state index is 0.245. The van der Waals surface area contributed by atoms with Gasteiger partial charge >= 0.3 is 0 Å². The van der Waals surface area contributed by atoms with Crippen LogP contribution in [-0.4, -0.2) is 62.6 Å². The maximum absolute atomic E-state index is 9.66. The van der Waals surface area contributed by atoms with Crippen molar-refractivity contribution in [1.82, 2.24) is 10.2 Å². The first-order valence-corrected chi connectivity index (χ1v) is 5.43. The summed E-state index contributed by atoms with van der Waals surface area (Å²) in [4.78, 5) is 2.32. The van der Waals surface area contributed by atoms with E-state index in [2.05, 4.69) is 10.2 Å². The van der Waals surface area contributed by atoms with Gasteiger partial charge in [0.05, 0.1) is 12.7 Å². The molecule has 0 aliphatic carbocycles. The second-order valence-electron chi connectivity index (χ2n) is 3.86. The number of ether oxygens (including phenoxy) is 1. The number of hydrogen-bond acceptors (Lipinski definition) is 4. The molecule has 1 unspecified atom stereocenters. The number of likely N-dealkylation sites (tertiary alicyclic amines) is 1. The van der Waals surface area contributed by atoms with E-state index in [1.54, 1.807) is 7.11 Å². The van der Waals surface area contributed by atoms with E-state index in [-0.39, 0.29) is 6.10 Å². The van der Waals surface area contributed by atoms with Crippen molar-refractivity contribution in [2.75, 3.05) is 46.4 Å². The van der Waals surface area contributed by atoms with Gasteiger partial charge in [0.25, 0.3) is 0 Å². The van der Waals surface area contributed by atoms with Crippen molar-refractivity contribution < 1.29 is 9.84 Å². The predicted octanol–water partition coefficient (Wildman–Crippen LogP) is -0.321. The van der Waals surface area contributed by atoms with Crippen molar-refractivity contribution in [3.05, 3.63) is 0 Å². The van der Waals surface area contributed by atoms with Crippen LogP contribution in [0, 0.1) is 0 Å². The first-order valence-electron chi connectivity index (χ1n) is 5.43. The van der Waals surface area contributed by atoms with Crippen LogP contribution >= 0.6 is 0 Å². The molecule has 2 N–H and O–H groups in total. The molecular formula is C10H22N2O2. The molecule has 0 amide bonds. The molecule has 1 heterocycles. The van der Waals surface area contributed by atoms with Crippen molar-refractivity contribution in [1.29, 1.82) is 0 Å². The number of nitrogens with zero attached hydrogens (tertiary/aromatic N) is 1. The maximum Gasteiger partial charge on any atom is 0.0791 e. The summed E-state index contributed by atoms with van der Waals surface area (Å²) in [5.41, 5.74) is 0. The zero-order valence-electron chi connectivity index (χ0n) is 9.04. The molecule has 1 atom stereocenters. The summed E-state index contributed by atoms with van der Waals surface area (Å²) in [6.45, 7) is 5.29. The largest absolute Gasteiger partial charge is 0.390 e. The maximum atomic E-state index is 9.66. The highest BCUT2D eigenvalue weighted by Crippen LogP contribution is 2.07. The van der Waals surface area contributed by atoms with Crippen LogP contribution in [0.15, 0.2) is 0 Å². The SMILES string of the molecule is COCCNCC(O)CN1CCCC1. The molecule has 0 aromatic rings. The van der Waals surface area contributed by atoms with Gasteiger partial charge in [-0.05, 0) is 25.9 Å². The Balaban J connectivity index is 1.95. The minimum atomic E-state index is -0.245. The van der Waals surface area contributed by atoms with Crippen molar-refractivity contribution in [3.63, 3.8) is 0 Å². The van der Waals surface area contributed by atoms with Gasteiger partial charge in [0, 0.05) is 26.7 Å². The second kappa shape index (κ2) is 7.17. The lowest BCUT2D eigenvalue weighted by Gasteiger charge is -2.19. The normalized spacial score (nSPS) is 20.1. The van der Waals surface area contributed by atoms with Gasteiger partial charge in [0.2, 0.25) is 0 Å². The van der Waals surface area contributed by atoms with E-state index in [9.17, 15) is 5.11 Å². The monoisotopic (exact) mass is 202 g/mol. The zero-order chi connectivity index (χ0) is 10.2. The Morgan fingerprint density at radius 3 is 2.79 bits per heavy atom. The smallest absolute Gasteiger partial charge is 0.0791 e. The summed E-state index contributed by atoms with van der Waals surface area (Å²) in [6, 6.07) is 0. The molecule has 0 aromatic carbocycles. The van der Waals surface area contributed by atoms with Crippen LogP contribution in [0.25, 0.3) is 0 Å². The fourth-order valence-electron chi connectivity index (χ4n) is 1.77. The summed E-state index contributed by atoms with van der Waals surface area (Å²) in [5.74, 6) is 0. The lowest BCUT2D eigenvalue weighted by molar-refractivity contribution is 0.119. The molecule has 1 rings (SSSR count). The highest BCUT2D eigenvalue weighted by molar-refractivity contribution is 4.71. The van der Waals surface area contributed by atoms with Gasteiger partial charge in [-0.2, -0.15) is 0 Å². The van der Waals surface area contributed by atoms with Gasteiger partial charge in [-0.3, -0.25) is 0 Å². The Bertz CT molecular complexity index is 138. The summed E-state index contributed by atoms with van der Waals surface area (Å²) in [6.07, 6.45) is 2.32. The molecule has 0 spiro atoms. The molecule has 4 nitrogen and oxygen atoms in total. The van der Waals surface area contributed by atoms with Crippen molar-refractivity contribution in [2.24, 2.45) is 0 Å². The van der Waals surface area contributed by atoms with Crippen molar-refractivity contribution in [3.8, 4) is 0 Å². The topological polar surface area (TPSA) is 44.7 Å². The quantitative estimate of drug-likeness (QED) is 0.555. The molecule has 0 saturated carbocycles. The molecule has 1 aliphatic heterocycles. The van der Waals surface area contributed by atoms with Crippen LogP contribution in [0.4, 0.5) is 0 Å². The Morgan fingerprint density at radius 2 is 2.14 bits per heavy atom. The zero-order valence-corrected chi connectivity index (χ0v) is 9.04. The van der Waals surface area contributed by atoms with Gasteiger partial charge in [-0.15, -0.1) is 0 Å². The Labute approximate surface area is 86.2 Å². The standard InChI is InChI=1S/C10H22N2O2/c1-14-7-4-11-8-10(13)9-12-5-2-3-6-12/h10-11,13H,2-9H2,1H3. The average Bonchev–Trinajstić information content (AvgIpc) is 2.65. The van der Waals surface area contributed by atoms with E-state index in [0.29, 0.717) is 13.2 Å². The highest BCUT2D eigenvalue weighted by atomic mass is 16.5. The molecule has 0 aromatic heterocycles. The van der Waals surface area contributed by atoms with E-state index < -0.39 is 0 Å². The van der Waals surface area contributed by atoms with Crippen LogP contribution < -0.4 is 5.32 Å². The van der Waals surface area contributed by atoms with Crippen LogP contribution in [0.5, 0.6) is 0 Å². The van der Waals surface area contributed by atoms with Gasteiger partial charge in [0.15, 0.2) is 0 Å². The van der Waals surface area contributed by atoms with Crippen LogP contribution in [0.3, 0.4) is 0 Å². The lowest BCUT2D eigenvalue weighted by Crippen LogP contribution is -2.37. The van der Waals surface area contributed by atoms with Crippen LogP contribution in [-0.2, 0) is 4.74 Å². The third-order valence-corrected chi connectivity index (χ3v) is 2.53. The molecular weight excluding hydrogens is 180 g/mol. The van der Waals surface area contributed by atoms with E-state index in [0.717, 1.165) is 26.2 Å². The summed E-state index contributed by atoms with van der Waals surface area (Å²) < 4.78 is 4.90. The van der Waals surface area contributed by atoms with E-state index in [4.69, 9.17) is 4.74 Å². The third kappa shape index (κ3) is 4.91. The number of β-amino-alcohol motifs (C(OH)–C–C–N with tert-alkyl or cyclic N) is 1. The molecule has 1 fully saturated rings. The number of methoxy groups -OCH3 is 1.